The van der Waals surface area contributed by atoms with Gasteiger partial charge in [0.25, 0.3) is 0 Å². The van der Waals surface area contributed by atoms with Crippen molar-refractivity contribution in [3.63, 3.8) is 0 Å². The van der Waals surface area contributed by atoms with Crippen LogP contribution < -0.4 is 0 Å². The van der Waals surface area contributed by atoms with Gasteiger partial charge in [0.1, 0.15) is 0 Å². The molecule has 1 fully saturated rings. The molecule has 0 spiro atoms. The highest BCUT2D eigenvalue weighted by molar-refractivity contribution is 4.97. The molecule has 3 unspecified atom stereocenters. The van der Waals surface area contributed by atoms with Crippen molar-refractivity contribution in [2.45, 2.75) is 52.0 Å². The van der Waals surface area contributed by atoms with E-state index in [9.17, 15) is 5.26 Å². The van der Waals surface area contributed by atoms with E-state index in [2.05, 4.69) is 24.8 Å². The van der Waals surface area contributed by atoms with E-state index >= 15 is 0 Å². The zero-order valence-corrected chi connectivity index (χ0v) is 11.2. The summed E-state index contributed by atoms with van der Waals surface area (Å²) in [6.45, 7) is 6.31. The molecule has 3 nitrogen and oxygen atoms in total. The third kappa shape index (κ3) is 3.97. The number of hydrogen-bond acceptors (Lipinski definition) is 3. The summed E-state index contributed by atoms with van der Waals surface area (Å²) in [7, 11) is 0. The summed E-state index contributed by atoms with van der Waals surface area (Å²) in [4.78, 5) is 2.33. The van der Waals surface area contributed by atoms with E-state index in [1.54, 1.807) is 0 Å². The van der Waals surface area contributed by atoms with Crippen molar-refractivity contribution in [2.75, 3.05) is 19.7 Å². The molecule has 0 saturated heterocycles. The number of aliphatic hydroxyl groups excluding tert-OH is 1. The van der Waals surface area contributed by atoms with Crippen LogP contribution in [0.25, 0.3) is 0 Å². The quantitative estimate of drug-likeness (QED) is 0.773. The Bertz CT molecular complexity index is 243. The molecule has 1 N–H and O–H groups in total. The highest BCUT2D eigenvalue weighted by atomic mass is 16.3. The maximum atomic E-state index is 9.27. The average molecular weight is 238 g/mol. The van der Waals surface area contributed by atoms with Crippen LogP contribution in [0.5, 0.6) is 0 Å². The largest absolute Gasteiger partial charge is 0.395 e. The number of rotatable bonds is 6. The molecule has 1 saturated carbocycles. The number of nitriles is 1. The Morgan fingerprint density at radius 3 is 2.59 bits per heavy atom. The molecule has 1 rings (SSSR count). The first kappa shape index (κ1) is 14.5. The van der Waals surface area contributed by atoms with Crippen molar-refractivity contribution in [1.29, 1.82) is 5.26 Å². The number of aliphatic hydroxyl groups is 1. The minimum absolute atomic E-state index is 0.163. The molecule has 17 heavy (non-hydrogen) atoms. The predicted octanol–water partition coefficient (Wildman–Crippen LogP) is 2.41. The van der Waals surface area contributed by atoms with Gasteiger partial charge in [0.15, 0.2) is 0 Å². The molecule has 0 aliphatic heterocycles. The van der Waals surface area contributed by atoms with Gasteiger partial charge in [0.2, 0.25) is 0 Å². The zero-order chi connectivity index (χ0) is 12.7. The standard InChI is InChI=1S/C14H26N2O/c1-3-7-16(8-9-17)14-10-12(4-2)5-6-13(14)11-15/h12-14,17H,3-10H2,1-2H3. The van der Waals surface area contributed by atoms with E-state index in [4.69, 9.17) is 5.11 Å². The Morgan fingerprint density at radius 2 is 2.06 bits per heavy atom. The summed E-state index contributed by atoms with van der Waals surface area (Å²) in [5.41, 5.74) is 0. The van der Waals surface area contributed by atoms with Gasteiger partial charge < -0.3 is 5.11 Å². The van der Waals surface area contributed by atoms with Gasteiger partial charge in [-0.3, -0.25) is 4.90 Å². The molecule has 0 radical (unpaired) electrons. The van der Waals surface area contributed by atoms with Gasteiger partial charge in [-0.15, -0.1) is 0 Å². The monoisotopic (exact) mass is 238 g/mol. The highest BCUT2D eigenvalue weighted by Crippen LogP contribution is 2.33. The van der Waals surface area contributed by atoms with Crippen LogP contribution in [-0.4, -0.2) is 35.7 Å². The fraction of sp³-hybridized carbons (Fsp3) is 0.929. The lowest BCUT2D eigenvalue weighted by molar-refractivity contribution is 0.0811. The second kappa shape index (κ2) is 7.68. The topological polar surface area (TPSA) is 47.3 Å². The van der Waals surface area contributed by atoms with Gasteiger partial charge in [-0.2, -0.15) is 5.26 Å². The van der Waals surface area contributed by atoms with Gasteiger partial charge in [-0.25, -0.2) is 0 Å². The smallest absolute Gasteiger partial charge is 0.0672 e. The Labute approximate surface area is 105 Å². The van der Waals surface area contributed by atoms with E-state index in [1.165, 1.54) is 12.8 Å². The molecule has 0 aromatic heterocycles. The van der Waals surface area contributed by atoms with E-state index in [1.807, 2.05) is 0 Å². The van der Waals surface area contributed by atoms with Crippen molar-refractivity contribution < 1.29 is 5.11 Å². The summed E-state index contributed by atoms with van der Waals surface area (Å²) in [5.74, 6) is 0.929. The van der Waals surface area contributed by atoms with Crippen LogP contribution in [0, 0.1) is 23.2 Å². The highest BCUT2D eigenvalue weighted by Gasteiger charge is 2.33. The Hall–Kier alpha value is -0.590. The van der Waals surface area contributed by atoms with Crippen LogP contribution in [0.4, 0.5) is 0 Å². The van der Waals surface area contributed by atoms with E-state index < -0.39 is 0 Å². The second-order valence-corrected chi connectivity index (χ2v) is 5.15. The van der Waals surface area contributed by atoms with E-state index in [-0.39, 0.29) is 12.5 Å². The minimum atomic E-state index is 0.163. The summed E-state index contributed by atoms with van der Waals surface area (Å²) in [6, 6.07) is 2.84. The first-order valence-electron chi connectivity index (χ1n) is 7.01. The average Bonchev–Trinajstić information content (AvgIpc) is 2.37. The summed E-state index contributed by atoms with van der Waals surface area (Å²) < 4.78 is 0. The van der Waals surface area contributed by atoms with Crippen molar-refractivity contribution in [1.82, 2.24) is 4.90 Å². The molecule has 3 atom stereocenters. The second-order valence-electron chi connectivity index (χ2n) is 5.15. The van der Waals surface area contributed by atoms with Crippen LogP contribution >= 0.6 is 0 Å². The molecule has 0 amide bonds. The fourth-order valence-corrected chi connectivity index (χ4v) is 3.02. The Balaban J connectivity index is 2.68. The number of hydrogen-bond donors (Lipinski definition) is 1. The Morgan fingerprint density at radius 1 is 1.29 bits per heavy atom. The van der Waals surface area contributed by atoms with Crippen LogP contribution in [-0.2, 0) is 0 Å². The lowest BCUT2D eigenvalue weighted by atomic mass is 9.77. The normalized spacial score (nSPS) is 29.2. The van der Waals surface area contributed by atoms with Crippen LogP contribution in [0.15, 0.2) is 0 Å². The van der Waals surface area contributed by atoms with Gasteiger partial charge >= 0.3 is 0 Å². The molecule has 1 aliphatic rings. The third-order valence-corrected chi connectivity index (χ3v) is 4.04. The summed E-state index contributed by atoms with van der Waals surface area (Å²) in [6.07, 6.45) is 5.67. The van der Waals surface area contributed by atoms with Crippen LogP contribution in [0.2, 0.25) is 0 Å². The van der Waals surface area contributed by atoms with Gasteiger partial charge in [-0.1, -0.05) is 20.3 Å². The molecule has 0 heterocycles. The van der Waals surface area contributed by atoms with Crippen molar-refractivity contribution >= 4 is 0 Å². The molecule has 1 aliphatic carbocycles. The fourth-order valence-electron chi connectivity index (χ4n) is 3.02. The van der Waals surface area contributed by atoms with Crippen molar-refractivity contribution in [3.05, 3.63) is 0 Å². The van der Waals surface area contributed by atoms with E-state index in [0.29, 0.717) is 12.6 Å². The summed E-state index contributed by atoms with van der Waals surface area (Å²) in [5, 5.41) is 18.4. The van der Waals surface area contributed by atoms with Gasteiger partial charge in [0.05, 0.1) is 18.6 Å². The minimum Gasteiger partial charge on any atom is -0.395 e. The molecule has 0 aromatic rings. The van der Waals surface area contributed by atoms with Crippen LogP contribution in [0.3, 0.4) is 0 Å². The van der Waals surface area contributed by atoms with Gasteiger partial charge in [0, 0.05) is 12.6 Å². The SMILES string of the molecule is CCCN(CCO)C1CC(CC)CCC1C#N. The maximum absolute atomic E-state index is 9.27. The third-order valence-electron chi connectivity index (χ3n) is 4.04. The first-order chi connectivity index (χ1) is 8.26. The molecule has 0 bridgehead atoms. The predicted molar refractivity (Wildman–Crippen MR) is 69.5 cm³/mol. The maximum Gasteiger partial charge on any atom is 0.0672 e. The Kier molecular flexibility index (Phi) is 6.54. The van der Waals surface area contributed by atoms with Crippen molar-refractivity contribution in [2.24, 2.45) is 11.8 Å². The molecular weight excluding hydrogens is 212 g/mol. The zero-order valence-electron chi connectivity index (χ0n) is 11.2. The van der Waals surface area contributed by atoms with Crippen molar-refractivity contribution in [3.8, 4) is 6.07 Å². The molecular formula is C14H26N2O. The number of nitrogens with zero attached hydrogens (tertiary/aromatic N) is 2. The van der Waals surface area contributed by atoms with Crippen LogP contribution in [0.1, 0.15) is 46.0 Å². The first-order valence-corrected chi connectivity index (χ1v) is 7.01. The van der Waals surface area contributed by atoms with E-state index in [0.717, 1.165) is 31.7 Å². The molecule has 0 aromatic carbocycles. The lowest BCUT2D eigenvalue weighted by Crippen LogP contribution is -2.45. The lowest BCUT2D eigenvalue weighted by Gasteiger charge is -2.40. The summed E-state index contributed by atoms with van der Waals surface area (Å²) >= 11 is 0. The molecule has 98 valence electrons. The molecule has 3 heteroatoms. The van der Waals surface area contributed by atoms with Gasteiger partial charge in [-0.05, 0) is 38.1 Å².